The number of sulfone groups is 1. The van der Waals surface area contributed by atoms with E-state index in [0.717, 1.165) is 31.1 Å². The van der Waals surface area contributed by atoms with Gasteiger partial charge in [-0.3, -0.25) is 0 Å². The summed E-state index contributed by atoms with van der Waals surface area (Å²) in [6, 6.07) is 3.19. The molecule has 1 aromatic rings. The van der Waals surface area contributed by atoms with Gasteiger partial charge in [-0.25, -0.2) is 8.42 Å². The Bertz CT molecular complexity index is 591. The zero-order valence-electron chi connectivity index (χ0n) is 11.4. The Morgan fingerprint density at radius 3 is 2.11 bits per heavy atom. The van der Waals surface area contributed by atoms with Crippen molar-refractivity contribution in [1.82, 2.24) is 0 Å². The second kappa shape index (κ2) is 4.68. The predicted octanol–water partition coefficient (Wildman–Crippen LogP) is 1.45. The van der Waals surface area contributed by atoms with Crippen LogP contribution in [0.5, 0.6) is 11.5 Å². The van der Waals surface area contributed by atoms with Crippen molar-refractivity contribution in [1.29, 1.82) is 0 Å². The van der Waals surface area contributed by atoms with Gasteiger partial charge < -0.3 is 15.2 Å². The molecule has 0 unspecified atom stereocenters. The Balaban J connectivity index is 2.64. The van der Waals surface area contributed by atoms with Crippen LogP contribution in [0.4, 0.5) is 0 Å². The van der Waals surface area contributed by atoms with Gasteiger partial charge in [0.15, 0.2) is 9.84 Å². The first-order valence-electron chi connectivity index (χ1n) is 6.07. The Labute approximate surface area is 113 Å². The third-order valence-corrected chi connectivity index (χ3v) is 4.79. The van der Waals surface area contributed by atoms with Crippen molar-refractivity contribution in [2.75, 3.05) is 20.5 Å². The summed E-state index contributed by atoms with van der Waals surface area (Å²) in [5.41, 5.74) is 6.67. The van der Waals surface area contributed by atoms with Crippen molar-refractivity contribution in [3.8, 4) is 11.5 Å². The van der Waals surface area contributed by atoms with Crippen molar-refractivity contribution < 1.29 is 17.9 Å². The Morgan fingerprint density at radius 2 is 1.74 bits per heavy atom. The molecule has 19 heavy (non-hydrogen) atoms. The van der Waals surface area contributed by atoms with Gasteiger partial charge in [0.25, 0.3) is 0 Å². The minimum atomic E-state index is -3.37. The van der Waals surface area contributed by atoms with E-state index < -0.39 is 15.4 Å². The molecule has 1 saturated carbocycles. The first kappa shape index (κ1) is 14.1. The molecule has 0 aromatic heterocycles. The maximum atomic E-state index is 11.8. The van der Waals surface area contributed by atoms with Gasteiger partial charge in [0.05, 0.1) is 14.2 Å². The molecule has 1 aliphatic carbocycles. The van der Waals surface area contributed by atoms with Crippen LogP contribution in [0.1, 0.15) is 24.8 Å². The first-order chi connectivity index (χ1) is 8.81. The van der Waals surface area contributed by atoms with Gasteiger partial charge >= 0.3 is 0 Å². The molecule has 0 bridgehead atoms. The largest absolute Gasteiger partial charge is 0.496 e. The fourth-order valence-electron chi connectivity index (χ4n) is 2.38. The van der Waals surface area contributed by atoms with Gasteiger partial charge in [0.1, 0.15) is 16.4 Å². The van der Waals surface area contributed by atoms with E-state index in [4.69, 9.17) is 15.2 Å². The lowest BCUT2D eigenvalue weighted by Gasteiger charge is -2.39. The standard InChI is InChI=1S/C13H19NO4S/c1-17-10-8-12(19(3,15)16)11(18-2)7-9(10)13(14)5-4-6-13/h7-8H,4-6,14H2,1-3H3. The minimum absolute atomic E-state index is 0.124. The summed E-state index contributed by atoms with van der Waals surface area (Å²) in [6.45, 7) is 0. The summed E-state index contributed by atoms with van der Waals surface area (Å²) in [5, 5.41) is 0. The third-order valence-electron chi connectivity index (χ3n) is 3.67. The second-order valence-electron chi connectivity index (χ2n) is 4.99. The van der Waals surface area contributed by atoms with Crippen molar-refractivity contribution in [3.63, 3.8) is 0 Å². The van der Waals surface area contributed by atoms with Crippen molar-refractivity contribution >= 4 is 9.84 Å². The molecule has 1 aromatic carbocycles. The Morgan fingerprint density at radius 1 is 1.16 bits per heavy atom. The van der Waals surface area contributed by atoms with E-state index >= 15 is 0 Å². The van der Waals surface area contributed by atoms with Crippen LogP contribution in [0, 0.1) is 0 Å². The van der Waals surface area contributed by atoms with Crippen molar-refractivity contribution in [2.24, 2.45) is 5.73 Å². The van der Waals surface area contributed by atoms with Crippen molar-refractivity contribution in [3.05, 3.63) is 17.7 Å². The molecule has 1 fully saturated rings. The molecule has 5 nitrogen and oxygen atoms in total. The molecule has 2 N–H and O–H groups in total. The summed E-state index contributed by atoms with van der Waals surface area (Å²) in [7, 11) is -0.413. The molecule has 2 rings (SSSR count). The third kappa shape index (κ3) is 2.42. The van der Waals surface area contributed by atoms with Crippen molar-refractivity contribution in [2.45, 2.75) is 29.7 Å². The number of methoxy groups -OCH3 is 2. The number of rotatable bonds is 4. The van der Waals surface area contributed by atoms with Crippen LogP contribution in [0.3, 0.4) is 0 Å². The number of ether oxygens (including phenoxy) is 2. The zero-order chi connectivity index (χ0) is 14.3. The summed E-state index contributed by atoms with van der Waals surface area (Å²) in [5.74, 6) is 0.818. The topological polar surface area (TPSA) is 78.6 Å². The van der Waals surface area contributed by atoms with E-state index in [-0.39, 0.29) is 4.90 Å². The van der Waals surface area contributed by atoms with E-state index in [0.29, 0.717) is 11.5 Å². The number of hydrogen-bond donors (Lipinski definition) is 1. The Hall–Kier alpha value is -1.27. The highest BCUT2D eigenvalue weighted by atomic mass is 32.2. The molecule has 0 spiro atoms. The molecule has 106 valence electrons. The monoisotopic (exact) mass is 285 g/mol. The normalized spacial score (nSPS) is 17.7. The van der Waals surface area contributed by atoms with Crippen LogP contribution < -0.4 is 15.2 Å². The van der Waals surface area contributed by atoms with E-state index in [1.807, 2.05) is 0 Å². The molecule has 1 aliphatic rings. The molecule has 0 atom stereocenters. The van der Waals surface area contributed by atoms with Crippen LogP contribution in [0.2, 0.25) is 0 Å². The summed E-state index contributed by atoms with van der Waals surface area (Å²) in [4.78, 5) is 0.124. The second-order valence-corrected chi connectivity index (χ2v) is 6.97. The fraction of sp³-hybridized carbons (Fsp3) is 0.538. The van der Waals surface area contributed by atoms with Gasteiger partial charge in [-0.05, 0) is 25.3 Å². The Kier molecular flexibility index (Phi) is 3.49. The van der Waals surface area contributed by atoms with Gasteiger partial charge in [0, 0.05) is 23.4 Å². The van der Waals surface area contributed by atoms with Gasteiger partial charge in [-0.2, -0.15) is 0 Å². The molecule has 0 saturated heterocycles. The maximum absolute atomic E-state index is 11.8. The lowest BCUT2D eigenvalue weighted by atomic mass is 9.72. The summed E-state index contributed by atoms with van der Waals surface area (Å²) >= 11 is 0. The lowest BCUT2D eigenvalue weighted by molar-refractivity contribution is 0.242. The fourth-order valence-corrected chi connectivity index (χ4v) is 3.20. The van der Waals surface area contributed by atoms with E-state index in [9.17, 15) is 8.42 Å². The highest BCUT2D eigenvalue weighted by Crippen LogP contribution is 2.45. The first-order valence-corrected chi connectivity index (χ1v) is 7.96. The molecule has 0 aliphatic heterocycles. The number of benzene rings is 1. The average molecular weight is 285 g/mol. The molecule has 0 heterocycles. The van der Waals surface area contributed by atoms with E-state index in [1.54, 1.807) is 6.07 Å². The average Bonchev–Trinajstić information content (AvgIpc) is 2.33. The highest BCUT2D eigenvalue weighted by molar-refractivity contribution is 7.90. The highest BCUT2D eigenvalue weighted by Gasteiger charge is 2.38. The summed E-state index contributed by atoms with van der Waals surface area (Å²) in [6.07, 6.45) is 3.94. The number of hydrogen-bond acceptors (Lipinski definition) is 5. The molecular weight excluding hydrogens is 266 g/mol. The van der Waals surface area contributed by atoms with Gasteiger partial charge in [-0.15, -0.1) is 0 Å². The molecule has 6 heteroatoms. The SMILES string of the molecule is COc1cc(S(C)(=O)=O)c(OC)cc1C1(N)CCC1. The van der Waals surface area contributed by atoms with Gasteiger partial charge in [-0.1, -0.05) is 0 Å². The minimum Gasteiger partial charge on any atom is -0.496 e. The lowest BCUT2D eigenvalue weighted by Crippen LogP contribution is -2.43. The van der Waals surface area contributed by atoms with E-state index in [2.05, 4.69) is 0 Å². The molecule has 0 radical (unpaired) electrons. The smallest absolute Gasteiger partial charge is 0.179 e. The van der Waals surface area contributed by atoms with E-state index in [1.165, 1.54) is 20.3 Å². The summed E-state index contributed by atoms with van der Waals surface area (Å²) < 4.78 is 34.0. The van der Waals surface area contributed by atoms with Crippen LogP contribution >= 0.6 is 0 Å². The predicted molar refractivity (Wildman–Crippen MR) is 72.4 cm³/mol. The van der Waals surface area contributed by atoms with Crippen LogP contribution in [-0.4, -0.2) is 28.9 Å². The quantitative estimate of drug-likeness (QED) is 0.905. The van der Waals surface area contributed by atoms with Crippen LogP contribution in [0.25, 0.3) is 0 Å². The molecular formula is C13H19NO4S. The maximum Gasteiger partial charge on any atom is 0.179 e. The zero-order valence-corrected chi connectivity index (χ0v) is 12.2. The van der Waals surface area contributed by atoms with Crippen LogP contribution in [-0.2, 0) is 15.4 Å². The molecule has 0 amide bonds. The van der Waals surface area contributed by atoms with Crippen LogP contribution in [0.15, 0.2) is 17.0 Å². The number of nitrogens with two attached hydrogens (primary N) is 1. The van der Waals surface area contributed by atoms with Gasteiger partial charge in [0.2, 0.25) is 0 Å².